The Hall–Kier alpha value is -0.890. The predicted molar refractivity (Wildman–Crippen MR) is 60.6 cm³/mol. The monoisotopic (exact) mass is 190 g/mol. The largest absolute Gasteiger partial charge is 0.302 e. The highest BCUT2D eigenvalue weighted by atomic mass is 15.1. The van der Waals surface area contributed by atoms with E-state index >= 15 is 0 Å². The van der Waals surface area contributed by atoms with E-state index in [0.717, 1.165) is 19.5 Å². The number of aliphatic imine (C=N–C) groups is 1. The van der Waals surface area contributed by atoms with Gasteiger partial charge in [-0.15, -0.1) is 0 Å². The highest BCUT2D eigenvalue weighted by molar-refractivity contribution is 5.70. The van der Waals surface area contributed by atoms with Crippen LogP contribution in [0.4, 0.5) is 0 Å². The first-order valence-corrected chi connectivity index (χ1v) is 5.22. The van der Waals surface area contributed by atoms with E-state index in [1.54, 1.807) is 0 Å². The fourth-order valence-corrected chi connectivity index (χ4v) is 1.82. The Labute approximate surface area is 86.0 Å². The van der Waals surface area contributed by atoms with Gasteiger partial charge >= 0.3 is 0 Å². The lowest BCUT2D eigenvalue weighted by Crippen LogP contribution is -2.26. The van der Waals surface area contributed by atoms with Crippen molar-refractivity contribution < 1.29 is 0 Å². The molecule has 2 aliphatic rings. The van der Waals surface area contributed by atoms with Gasteiger partial charge in [-0.3, -0.25) is 4.99 Å². The average molecular weight is 190 g/mol. The van der Waals surface area contributed by atoms with Crippen molar-refractivity contribution in [3.05, 3.63) is 23.4 Å². The van der Waals surface area contributed by atoms with Gasteiger partial charge in [0.15, 0.2) is 0 Å². The maximum absolute atomic E-state index is 4.60. The smallest absolute Gasteiger partial charge is 0.0457 e. The Kier molecular flexibility index (Phi) is 2.31. The van der Waals surface area contributed by atoms with Gasteiger partial charge < -0.3 is 4.90 Å². The highest BCUT2D eigenvalue weighted by Gasteiger charge is 2.19. The summed E-state index contributed by atoms with van der Waals surface area (Å²) in [5, 5.41) is 0. The topological polar surface area (TPSA) is 15.6 Å². The molecule has 14 heavy (non-hydrogen) atoms. The molecule has 0 saturated carbocycles. The van der Waals surface area contributed by atoms with Gasteiger partial charge in [0, 0.05) is 36.8 Å². The Morgan fingerprint density at radius 2 is 2.21 bits per heavy atom. The fraction of sp³-hybridized carbons (Fsp3) is 0.583. The Balaban J connectivity index is 2.30. The SMILES string of the molecule is CN1CCC2=C(C=CC(C)(C)C=N2)C1. The molecule has 0 bridgehead atoms. The Bertz CT molecular complexity index is 321. The van der Waals surface area contributed by atoms with E-state index in [1.165, 1.54) is 11.3 Å². The number of likely N-dealkylation sites (N-methyl/N-ethyl adjacent to an activating group) is 1. The van der Waals surface area contributed by atoms with Crippen molar-refractivity contribution in [2.24, 2.45) is 10.4 Å². The lowest BCUT2D eigenvalue weighted by molar-refractivity contribution is 0.351. The summed E-state index contributed by atoms with van der Waals surface area (Å²) in [6.45, 7) is 6.55. The molecule has 0 unspecified atom stereocenters. The summed E-state index contributed by atoms with van der Waals surface area (Å²) < 4.78 is 0. The number of hydrogen-bond donors (Lipinski definition) is 0. The van der Waals surface area contributed by atoms with E-state index < -0.39 is 0 Å². The molecule has 2 rings (SSSR count). The van der Waals surface area contributed by atoms with Crippen molar-refractivity contribution in [3.63, 3.8) is 0 Å². The van der Waals surface area contributed by atoms with Crippen LogP contribution >= 0.6 is 0 Å². The molecule has 2 heteroatoms. The lowest BCUT2D eigenvalue weighted by Gasteiger charge is -2.23. The van der Waals surface area contributed by atoms with Gasteiger partial charge in [-0.2, -0.15) is 0 Å². The van der Waals surface area contributed by atoms with Gasteiger partial charge in [0.1, 0.15) is 0 Å². The molecule has 0 aliphatic carbocycles. The maximum Gasteiger partial charge on any atom is 0.0457 e. The van der Waals surface area contributed by atoms with Crippen molar-refractivity contribution in [2.45, 2.75) is 20.3 Å². The van der Waals surface area contributed by atoms with Gasteiger partial charge in [0.05, 0.1) is 0 Å². The molecule has 0 spiro atoms. The number of rotatable bonds is 0. The zero-order valence-electron chi connectivity index (χ0n) is 9.25. The molecule has 0 aromatic rings. The quantitative estimate of drug-likeness (QED) is 0.572. The van der Waals surface area contributed by atoms with Gasteiger partial charge in [0.2, 0.25) is 0 Å². The fourth-order valence-electron chi connectivity index (χ4n) is 1.82. The van der Waals surface area contributed by atoms with Crippen LogP contribution < -0.4 is 0 Å². The normalized spacial score (nSPS) is 26.2. The zero-order chi connectivity index (χ0) is 10.2. The number of hydrogen-bond acceptors (Lipinski definition) is 2. The van der Waals surface area contributed by atoms with Crippen LogP contribution in [0.15, 0.2) is 28.4 Å². The van der Waals surface area contributed by atoms with Gasteiger partial charge in [-0.1, -0.05) is 26.0 Å². The van der Waals surface area contributed by atoms with Gasteiger partial charge in [-0.05, 0) is 12.6 Å². The summed E-state index contributed by atoms with van der Waals surface area (Å²) in [4.78, 5) is 6.94. The molecule has 2 heterocycles. The van der Waals surface area contributed by atoms with Crippen LogP contribution in [-0.4, -0.2) is 31.3 Å². The molecule has 0 saturated heterocycles. The molecule has 0 radical (unpaired) electrons. The second-order valence-corrected chi connectivity index (χ2v) is 4.87. The van der Waals surface area contributed by atoms with Crippen LogP contribution in [0.25, 0.3) is 0 Å². The van der Waals surface area contributed by atoms with E-state index in [-0.39, 0.29) is 5.41 Å². The predicted octanol–water partition coefficient (Wildman–Crippen LogP) is 2.24. The minimum Gasteiger partial charge on any atom is -0.302 e. The third-order valence-corrected chi connectivity index (χ3v) is 2.81. The second-order valence-electron chi connectivity index (χ2n) is 4.87. The maximum atomic E-state index is 4.60. The van der Waals surface area contributed by atoms with Gasteiger partial charge in [0.25, 0.3) is 0 Å². The number of nitrogens with zero attached hydrogens (tertiary/aromatic N) is 2. The standard InChI is InChI=1S/C12H18N2/c1-12(2)6-4-10-8-14(3)7-5-11(10)13-9-12/h4,6,9H,5,7-8H2,1-3H3. The van der Waals surface area contributed by atoms with Crippen LogP contribution in [0.5, 0.6) is 0 Å². The highest BCUT2D eigenvalue weighted by Crippen LogP contribution is 2.26. The Morgan fingerprint density at radius 1 is 1.43 bits per heavy atom. The summed E-state index contributed by atoms with van der Waals surface area (Å²) >= 11 is 0. The second kappa shape index (κ2) is 3.35. The molecular formula is C12H18N2. The third kappa shape index (κ3) is 1.95. The van der Waals surface area contributed by atoms with E-state index in [4.69, 9.17) is 0 Å². The van der Waals surface area contributed by atoms with Crippen molar-refractivity contribution in [3.8, 4) is 0 Å². The first kappa shape index (κ1) is 9.66. The molecular weight excluding hydrogens is 172 g/mol. The molecule has 0 aromatic heterocycles. The van der Waals surface area contributed by atoms with E-state index in [2.05, 4.69) is 49.2 Å². The van der Waals surface area contributed by atoms with Crippen molar-refractivity contribution in [1.29, 1.82) is 0 Å². The summed E-state index contributed by atoms with van der Waals surface area (Å²) in [7, 11) is 2.16. The summed E-state index contributed by atoms with van der Waals surface area (Å²) in [5.41, 5.74) is 2.78. The molecule has 0 aromatic carbocycles. The van der Waals surface area contributed by atoms with Crippen LogP contribution in [0.1, 0.15) is 20.3 Å². The van der Waals surface area contributed by atoms with E-state index in [1.807, 2.05) is 0 Å². The number of allylic oxidation sites excluding steroid dienone is 1. The van der Waals surface area contributed by atoms with Gasteiger partial charge in [-0.25, -0.2) is 0 Å². The van der Waals surface area contributed by atoms with E-state index in [9.17, 15) is 0 Å². The molecule has 0 atom stereocenters. The van der Waals surface area contributed by atoms with Crippen LogP contribution in [-0.2, 0) is 0 Å². The molecule has 76 valence electrons. The molecule has 2 aliphatic heterocycles. The van der Waals surface area contributed by atoms with Crippen molar-refractivity contribution >= 4 is 6.21 Å². The van der Waals surface area contributed by atoms with Crippen LogP contribution in [0.3, 0.4) is 0 Å². The lowest BCUT2D eigenvalue weighted by atomic mass is 9.94. The van der Waals surface area contributed by atoms with Crippen LogP contribution in [0, 0.1) is 5.41 Å². The van der Waals surface area contributed by atoms with Crippen LogP contribution in [0.2, 0.25) is 0 Å². The first-order chi connectivity index (χ1) is 6.57. The van der Waals surface area contributed by atoms with E-state index in [0.29, 0.717) is 0 Å². The first-order valence-electron chi connectivity index (χ1n) is 5.22. The molecule has 2 nitrogen and oxygen atoms in total. The minimum atomic E-state index is 0.107. The summed E-state index contributed by atoms with van der Waals surface area (Å²) in [6.07, 6.45) is 7.65. The summed E-state index contributed by atoms with van der Waals surface area (Å²) in [5.74, 6) is 0. The average Bonchev–Trinajstić information content (AvgIpc) is 2.26. The molecule has 0 amide bonds. The zero-order valence-corrected chi connectivity index (χ0v) is 9.25. The summed E-state index contributed by atoms with van der Waals surface area (Å²) in [6, 6.07) is 0. The third-order valence-electron chi connectivity index (χ3n) is 2.81. The minimum absolute atomic E-state index is 0.107. The Morgan fingerprint density at radius 3 is 3.00 bits per heavy atom. The van der Waals surface area contributed by atoms with Crippen molar-refractivity contribution in [2.75, 3.05) is 20.1 Å². The van der Waals surface area contributed by atoms with Crippen molar-refractivity contribution in [1.82, 2.24) is 4.90 Å². The molecule has 0 N–H and O–H groups in total. The molecule has 0 fully saturated rings.